The van der Waals surface area contributed by atoms with Crippen LogP contribution >= 0.6 is 12.2 Å². The van der Waals surface area contributed by atoms with E-state index in [9.17, 15) is 9.18 Å². The maximum atomic E-state index is 14.3. The maximum Gasteiger partial charge on any atom is 0.337 e. The van der Waals surface area contributed by atoms with E-state index in [1.54, 1.807) is 43.0 Å². The molecule has 9 heteroatoms. The molecular formula is C23H25FN2O5S. The van der Waals surface area contributed by atoms with Crippen molar-refractivity contribution in [3.63, 3.8) is 0 Å². The second-order valence-corrected chi connectivity index (χ2v) is 7.48. The number of nitrogens with zero attached hydrogens (tertiary/aromatic N) is 1. The number of methoxy groups -OCH3 is 4. The minimum absolute atomic E-state index is 0.292. The van der Waals surface area contributed by atoms with Crippen LogP contribution in [0.25, 0.3) is 0 Å². The minimum Gasteiger partial charge on any atom is -0.496 e. The van der Waals surface area contributed by atoms with Crippen molar-refractivity contribution >= 4 is 29.0 Å². The van der Waals surface area contributed by atoms with Crippen molar-refractivity contribution in [3.05, 3.63) is 58.5 Å². The number of halogens is 1. The Bertz CT molecular complexity index is 1100. The van der Waals surface area contributed by atoms with Gasteiger partial charge in [0.25, 0.3) is 0 Å². The molecule has 1 aliphatic rings. The van der Waals surface area contributed by atoms with Crippen molar-refractivity contribution in [3.8, 4) is 17.2 Å². The largest absolute Gasteiger partial charge is 0.496 e. The lowest BCUT2D eigenvalue weighted by Gasteiger charge is -2.38. The highest BCUT2D eigenvalue weighted by Crippen LogP contribution is 2.42. The molecule has 3 rings (SSSR count). The third kappa shape index (κ3) is 4.08. The van der Waals surface area contributed by atoms with Crippen LogP contribution in [0.15, 0.2) is 41.6 Å². The van der Waals surface area contributed by atoms with Crippen molar-refractivity contribution in [1.82, 2.24) is 5.32 Å². The van der Waals surface area contributed by atoms with Gasteiger partial charge in [-0.05, 0) is 49.8 Å². The Labute approximate surface area is 191 Å². The van der Waals surface area contributed by atoms with Crippen LogP contribution < -0.4 is 24.4 Å². The third-order valence-electron chi connectivity index (χ3n) is 5.35. The van der Waals surface area contributed by atoms with Crippen LogP contribution in [0.2, 0.25) is 0 Å². The zero-order valence-corrected chi connectivity index (χ0v) is 19.6. The fraction of sp³-hybridized carbons (Fsp3) is 0.304. The Kier molecular flexibility index (Phi) is 6.88. The molecule has 0 amide bonds. The molecule has 0 radical (unpaired) electrons. The van der Waals surface area contributed by atoms with Crippen LogP contribution in [-0.2, 0) is 9.53 Å². The van der Waals surface area contributed by atoms with E-state index in [1.165, 1.54) is 34.5 Å². The number of anilines is 1. The predicted molar refractivity (Wildman–Crippen MR) is 123 cm³/mol. The number of esters is 1. The summed E-state index contributed by atoms with van der Waals surface area (Å²) in [6, 6.07) is 7.46. The molecule has 0 unspecified atom stereocenters. The summed E-state index contributed by atoms with van der Waals surface area (Å²) < 4.78 is 35.7. The molecular weight excluding hydrogens is 435 g/mol. The second-order valence-electron chi connectivity index (χ2n) is 7.09. The molecule has 7 nitrogen and oxygen atoms in total. The van der Waals surface area contributed by atoms with Crippen LogP contribution in [0.4, 0.5) is 10.1 Å². The lowest BCUT2D eigenvalue weighted by Crippen LogP contribution is -2.48. The third-order valence-corrected chi connectivity index (χ3v) is 5.65. The predicted octanol–water partition coefficient (Wildman–Crippen LogP) is 4.04. The van der Waals surface area contributed by atoms with E-state index in [1.807, 2.05) is 0 Å². The molecule has 0 saturated heterocycles. The summed E-state index contributed by atoms with van der Waals surface area (Å²) in [6.07, 6.45) is 0. The Hall–Kier alpha value is -3.33. The number of rotatable bonds is 6. The number of aryl methyl sites for hydroxylation is 1. The van der Waals surface area contributed by atoms with Gasteiger partial charge in [0.1, 0.15) is 11.6 Å². The molecule has 0 fully saturated rings. The van der Waals surface area contributed by atoms with Gasteiger partial charge < -0.3 is 24.3 Å². The molecule has 32 heavy (non-hydrogen) atoms. The fourth-order valence-electron chi connectivity index (χ4n) is 3.66. The van der Waals surface area contributed by atoms with Crippen LogP contribution in [0.1, 0.15) is 24.1 Å². The molecule has 0 saturated carbocycles. The van der Waals surface area contributed by atoms with E-state index in [0.29, 0.717) is 50.4 Å². The normalized spacial score (nSPS) is 15.9. The number of hydrogen-bond donors (Lipinski definition) is 1. The zero-order valence-electron chi connectivity index (χ0n) is 18.7. The number of hydrogen-bond acceptors (Lipinski definition) is 6. The Morgan fingerprint density at radius 2 is 1.62 bits per heavy atom. The van der Waals surface area contributed by atoms with Gasteiger partial charge in [-0.1, -0.05) is 6.07 Å². The van der Waals surface area contributed by atoms with E-state index in [4.69, 9.17) is 31.2 Å². The van der Waals surface area contributed by atoms with Crippen molar-refractivity contribution in [2.24, 2.45) is 0 Å². The average Bonchev–Trinajstić information content (AvgIpc) is 2.79. The summed E-state index contributed by atoms with van der Waals surface area (Å²) in [4.78, 5) is 14.5. The molecule has 1 atom stereocenters. The molecule has 1 N–H and O–H groups in total. The number of carbonyl (C=O) groups excluding carboxylic acids is 1. The molecule has 0 spiro atoms. The SMILES string of the molecule is COC(=O)C1=C(C)N(c2ccc(C)c(F)c2)C(=S)N[C@H]1c1cc(OC)c(OC)cc1OC. The molecule has 2 aromatic carbocycles. The highest BCUT2D eigenvalue weighted by atomic mass is 32.1. The number of benzene rings is 2. The molecule has 1 aliphatic heterocycles. The van der Waals surface area contributed by atoms with Gasteiger partial charge in [0.2, 0.25) is 0 Å². The van der Waals surface area contributed by atoms with E-state index >= 15 is 0 Å². The highest BCUT2D eigenvalue weighted by Gasteiger charge is 2.37. The standard InChI is InChI=1S/C23H25FN2O5S/c1-12-7-8-14(9-16(12)24)26-13(2)20(22(27)31-6)21(25-23(26)32)15-10-18(29-4)19(30-5)11-17(15)28-3/h7-11,21H,1-6H3,(H,25,32)/t21-/m0/s1. The molecule has 170 valence electrons. The Balaban J connectivity index is 2.22. The lowest BCUT2D eigenvalue weighted by atomic mass is 9.93. The lowest BCUT2D eigenvalue weighted by molar-refractivity contribution is -0.136. The number of nitrogens with one attached hydrogen (secondary N) is 1. The maximum absolute atomic E-state index is 14.3. The van der Waals surface area contributed by atoms with Crippen molar-refractivity contribution in [2.45, 2.75) is 19.9 Å². The minimum atomic E-state index is -0.698. The summed E-state index contributed by atoms with van der Waals surface area (Å²) in [7, 11) is 5.85. The summed E-state index contributed by atoms with van der Waals surface area (Å²) in [5.41, 5.74) is 2.40. The molecule has 1 heterocycles. The smallest absolute Gasteiger partial charge is 0.337 e. The van der Waals surface area contributed by atoms with E-state index in [0.717, 1.165) is 0 Å². The van der Waals surface area contributed by atoms with Crippen LogP contribution in [0.3, 0.4) is 0 Å². The Morgan fingerprint density at radius 1 is 1.00 bits per heavy atom. The first-order valence-corrected chi connectivity index (χ1v) is 10.1. The fourth-order valence-corrected chi connectivity index (χ4v) is 4.02. The molecule has 0 aliphatic carbocycles. The van der Waals surface area contributed by atoms with Gasteiger partial charge in [-0.2, -0.15) is 0 Å². The quantitative estimate of drug-likeness (QED) is 0.512. The van der Waals surface area contributed by atoms with Crippen molar-refractivity contribution in [2.75, 3.05) is 33.3 Å². The average molecular weight is 461 g/mol. The number of ether oxygens (including phenoxy) is 4. The molecule has 0 bridgehead atoms. The topological polar surface area (TPSA) is 69.3 Å². The van der Waals surface area contributed by atoms with Gasteiger partial charge >= 0.3 is 5.97 Å². The molecule has 2 aromatic rings. The van der Waals surface area contributed by atoms with Crippen molar-refractivity contribution < 1.29 is 28.1 Å². The van der Waals surface area contributed by atoms with Gasteiger partial charge in [-0.15, -0.1) is 0 Å². The number of carbonyl (C=O) groups is 1. The van der Waals surface area contributed by atoms with Gasteiger partial charge in [0.15, 0.2) is 16.6 Å². The highest BCUT2D eigenvalue weighted by molar-refractivity contribution is 7.80. The van der Waals surface area contributed by atoms with Crippen molar-refractivity contribution in [1.29, 1.82) is 0 Å². The van der Waals surface area contributed by atoms with Gasteiger partial charge in [0.05, 0.1) is 45.7 Å². The first-order chi connectivity index (χ1) is 15.3. The van der Waals surface area contributed by atoms with Crippen LogP contribution in [0.5, 0.6) is 17.2 Å². The summed E-state index contributed by atoms with van der Waals surface area (Å²) in [5.74, 6) is 0.467. The van der Waals surface area contributed by atoms with E-state index in [2.05, 4.69) is 5.32 Å². The van der Waals surface area contributed by atoms with Crippen LogP contribution in [0, 0.1) is 12.7 Å². The molecule has 0 aromatic heterocycles. The number of thiocarbonyl (C=S) groups is 1. The van der Waals surface area contributed by atoms with Gasteiger partial charge in [-0.3, -0.25) is 4.90 Å². The van der Waals surface area contributed by atoms with E-state index < -0.39 is 12.0 Å². The van der Waals surface area contributed by atoms with Crippen LogP contribution in [-0.4, -0.2) is 39.5 Å². The van der Waals surface area contributed by atoms with E-state index in [-0.39, 0.29) is 5.82 Å². The van der Waals surface area contributed by atoms with Gasteiger partial charge in [-0.25, -0.2) is 9.18 Å². The van der Waals surface area contributed by atoms with Gasteiger partial charge in [0, 0.05) is 17.3 Å². The Morgan fingerprint density at radius 3 is 2.19 bits per heavy atom. The summed E-state index contributed by atoms with van der Waals surface area (Å²) in [5, 5.41) is 3.47. The first kappa shape index (κ1) is 23.3. The summed E-state index contributed by atoms with van der Waals surface area (Å²) in [6.45, 7) is 3.41. The second kappa shape index (κ2) is 9.44. The monoisotopic (exact) mass is 460 g/mol. The zero-order chi connectivity index (χ0) is 23.6. The number of allylic oxidation sites excluding steroid dienone is 1. The first-order valence-electron chi connectivity index (χ1n) is 9.73. The summed E-state index contributed by atoms with van der Waals surface area (Å²) >= 11 is 5.61.